The van der Waals surface area contributed by atoms with Crippen LogP contribution in [0.2, 0.25) is 0 Å². The molecule has 2 heterocycles. The summed E-state index contributed by atoms with van der Waals surface area (Å²) in [4.78, 5) is 20.2. The molecular formula is C17H16FN5O2. The molecule has 128 valence electrons. The van der Waals surface area contributed by atoms with Crippen molar-refractivity contribution < 1.29 is 13.7 Å². The van der Waals surface area contributed by atoms with Crippen LogP contribution in [0.1, 0.15) is 21.7 Å². The quantitative estimate of drug-likeness (QED) is 0.716. The van der Waals surface area contributed by atoms with Crippen molar-refractivity contribution in [2.75, 3.05) is 17.2 Å². The molecule has 3 aromatic rings. The zero-order chi connectivity index (χ0) is 17.6. The zero-order valence-corrected chi connectivity index (χ0v) is 13.5. The molecule has 1 amide bonds. The van der Waals surface area contributed by atoms with Gasteiger partial charge < -0.3 is 15.2 Å². The van der Waals surface area contributed by atoms with Gasteiger partial charge in [-0.05, 0) is 25.0 Å². The lowest BCUT2D eigenvalue weighted by molar-refractivity contribution is 0.102. The SMILES string of the molecule is Cc1cc(NC(=O)c2cnc(NCCc3ccccc3F)nc2)no1. The van der Waals surface area contributed by atoms with E-state index in [1.165, 1.54) is 18.5 Å². The van der Waals surface area contributed by atoms with Crippen LogP contribution >= 0.6 is 0 Å². The van der Waals surface area contributed by atoms with Gasteiger partial charge in [0.2, 0.25) is 5.95 Å². The third kappa shape index (κ3) is 4.37. The number of aryl methyl sites for hydroxylation is 1. The summed E-state index contributed by atoms with van der Waals surface area (Å²) in [6.07, 6.45) is 3.31. The Bertz CT molecular complexity index is 863. The van der Waals surface area contributed by atoms with Gasteiger partial charge in [-0.15, -0.1) is 0 Å². The van der Waals surface area contributed by atoms with Gasteiger partial charge in [-0.1, -0.05) is 23.4 Å². The number of rotatable bonds is 6. The first kappa shape index (κ1) is 16.6. The Morgan fingerprint density at radius 2 is 2.00 bits per heavy atom. The molecule has 0 saturated carbocycles. The second-order valence-electron chi connectivity index (χ2n) is 5.34. The van der Waals surface area contributed by atoms with E-state index in [0.29, 0.717) is 41.6 Å². The molecule has 0 spiro atoms. The van der Waals surface area contributed by atoms with Crippen LogP contribution in [0.25, 0.3) is 0 Å². The zero-order valence-electron chi connectivity index (χ0n) is 13.5. The summed E-state index contributed by atoms with van der Waals surface area (Å²) >= 11 is 0. The van der Waals surface area contributed by atoms with E-state index in [2.05, 4.69) is 25.8 Å². The van der Waals surface area contributed by atoms with Gasteiger partial charge >= 0.3 is 0 Å². The fourth-order valence-corrected chi connectivity index (χ4v) is 2.16. The van der Waals surface area contributed by atoms with Crippen molar-refractivity contribution in [1.82, 2.24) is 15.1 Å². The molecule has 25 heavy (non-hydrogen) atoms. The maximum atomic E-state index is 13.5. The van der Waals surface area contributed by atoms with E-state index in [-0.39, 0.29) is 11.7 Å². The molecule has 0 aliphatic carbocycles. The number of hydrogen-bond acceptors (Lipinski definition) is 6. The fourth-order valence-electron chi connectivity index (χ4n) is 2.16. The van der Waals surface area contributed by atoms with E-state index in [0.717, 1.165) is 0 Å². The van der Waals surface area contributed by atoms with Crippen LogP contribution in [0, 0.1) is 12.7 Å². The molecule has 0 atom stereocenters. The van der Waals surface area contributed by atoms with Crippen LogP contribution in [-0.2, 0) is 6.42 Å². The van der Waals surface area contributed by atoms with E-state index in [1.54, 1.807) is 31.2 Å². The van der Waals surface area contributed by atoms with Crippen LogP contribution in [0.4, 0.5) is 16.2 Å². The molecule has 2 N–H and O–H groups in total. The van der Waals surface area contributed by atoms with Gasteiger partial charge in [-0.3, -0.25) is 4.79 Å². The predicted molar refractivity (Wildman–Crippen MR) is 89.8 cm³/mol. The number of aromatic nitrogens is 3. The lowest BCUT2D eigenvalue weighted by atomic mass is 10.1. The van der Waals surface area contributed by atoms with Crippen LogP contribution < -0.4 is 10.6 Å². The Kier molecular flexibility index (Phi) is 4.98. The minimum Gasteiger partial charge on any atom is -0.360 e. The van der Waals surface area contributed by atoms with Crippen molar-refractivity contribution in [1.29, 1.82) is 0 Å². The summed E-state index contributed by atoms with van der Waals surface area (Å²) in [6.45, 7) is 2.21. The van der Waals surface area contributed by atoms with Crippen molar-refractivity contribution in [3.05, 3.63) is 65.4 Å². The number of amides is 1. The number of hydrogen-bond donors (Lipinski definition) is 2. The third-order valence-electron chi connectivity index (χ3n) is 3.42. The average molecular weight is 341 g/mol. The molecule has 0 aliphatic rings. The molecule has 8 heteroatoms. The lowest BCUT2D eigenvalue weighted by Crippen LogP contribution is -2.14. The summed E-state index contributed by atoms with van der Waals surface area (Å²) < 4.78 is 18.4. The molecule has 0 radical (unpaired) electrons. The number of nitrogens with zero attached hydrogens (tertiary/aromatic N) is 3. The van der Waals surface area contributed by atoms with Crippen molar-refractivity contribution in [3.63, 3.8) is 0 Å². The highest BCUT2D eigenvalue weighted by Crippen LogP contribution is 2.10. The fraction of sp³-hybridized carbons (Fsp3) is 0.176. The van der Waals surface area contributed by atoms with Crippen molar-refractivity contribution in [2.24, 2.45) is 0 Å². The smallest absolute Gasteiger partial charge is 0.260 e. The van der Waals surface area contributed by atoms with Gasteiger partial charge in [0.1, 0.15) is 11.6 Å². The minimum atomic E-state index is -0.383. The van der Waals surface area contributed by atoms with Gasteiger partial charge in [-0.25, -0.2) is 14.4 Å². The number of benzene rings is 1. The van der Waals surface area contributed by atoms with E-state index in [4.69, 9.17) is 4.52 Å². The molecule has 7 nitrogen and oxygen atoms in total. The van der Waals surface area contributed by atoms with E-state index < -0.39 is 0 Å². The van der Waals surface area contributed by atoms with Crippen LogP contribution in [-0.4, -0.2) is 27.6 Å². The number of carbonyl (C=O) groups is 1. The Labute approximate surface area is 143 Å². The molecule has 3 rings (SSSR count). The summed E-state index contributed by atoms with van der Waals surface area (Å²) in [6, 6.07) is 8.21. The Morgan fingerprint density at radius 3 is 2.68 bits per heavy atom. The van der Waals surface area contributed by atoms with Crippen LogP contribution in [0.5, 0.6) is 0 Å². The van der Waals surface area contributed by atoms with Gasteiger partial charge in [0.15, 0.2) is 5.82 Å². The predicted octanol–water partition coefficient (Wildman–Crippen LogP) is 2.82. The molecule has 0 aliphatic heterocycles. The average Bonchev–Trinajstić information content (AvgIpc) is 3.02. The molecule has 0 fully saturated rings. The van der Waals surface area contributed by atoms with Crippen LogP contribution in [0.15, 0.2) is 47.2 Å². The largest absolute Gasteiger partial charge is 0.360 e. The third-order valence-corrected chi connectivity index (χ3v) is 3.42. The summed E-state index contributed by atoms with van der Waals surface area (Å²) in [5.74, 6) is 0.673. The topological polar surface area (TPSA) is 92.9 Å². The maximum Gasteiger partial charge on any atom is 0.260 e. The first-order chi connectivity index (χ1) is 12.1. The van der Waals surface area contributed by atoms with Gasteiger partial charge in [0.25, 0.3) is 5.91 Å². The van der Waals surface area contributed by atoms with Crippen molar-refractivity contribution in [2.45, 2.75) is 13.3 Å². The standard InChI is InChI=1S/C17H16FN5O2/c1-11-8-15(23-25-11)22-16(24)13-9-20-17(21-10-13)19-7-6-12-4-2-3-5-14(12)18/h2-5,8-10H,6-7H2,1H3,(H,19,20,21)(H,22,23,24). The van der Waals surface area contributed by atoms with Gasteiger partial charge in [0, 0.05) is 25.0 Å². The first-order valence-corrected chi connectivity index (χ1v) is 7.66. The highest BCUT2D eigenvalue weighted by atomic mass is 19.1. The molecule has 1 aromatic carbocycles. The van der Waals surface area contributed by atoms with E-state index in [9.17, 15) is 9.18 Å². The van der Waals surface area contributed by atoms with Crippen LogP contribution in [0.3, 0.4) is 0 Å². The minimum absolute atomic E-state index is 0.236. The second-order valence-corrected chi connectivity index (χ2v) is 5.34. The number of anilines is 2. The Hall–Kier alpha value is -3.29. The Balaban J connectivity index is 1.53. The summed E-state index contributed by atoms with van der Waals surface area (Å²) in [5.41, 5.74) is 0.911. The molecule has 0 bridgehead atoms. The molecule has 0 saturated heterocycles. The van der Waals surface area contributed by atoms with Crippen molar-refractivity contribution >= 4 is 17.7 Å². The van der Waals surface area contributed by atoms with Crippen molar-refractivity contribution in [3.8, 4) is 0 Å². The van der Waals surface area contributed by atoms with E-state index >= 15 is 0 Å². The maximum absolute atomic E-state index is 13.5. The molecule has 2 aromatic heterocycles. The normalized spacial score (nSPS) is 10.5. The Morgan fingerprint density at radius 1 is 1.24 bits per heavy atom. The molecule has 0 unspecified atom stereocenters. The lowest BCUT2D eigenvalue weighted by Gasteiger charge is -2.06. The first-order valence-electron chi connectivity index (χ1n) is 7.66. The summed E-state index contributed by atoms with van der Waals surface area (Å²) in [5, 5.41) is 9.26. The van der Waals surface area contributed by atoms with E-state index in [1.807, 2.05) is 0 Å². The highest BCUT2D eigenvalue weighted by molar-refractivity contribution is 6.03. The number of halogens is 1. The monoisotopic (exact) mass is 341 g/mol. The van der Waals surface area contributed by atoms with Gasteiger partial charge in [-0.2, -0.15) is 0 Å². The second kappa shape index (κ2) is 7.52. The number of carbonyl (C=O) groups excluding carboxylic acids is 1. The molecular weight excluding hydrogens is 325 g/mol. The van der Waals surface area contributed by atoms with Gasteiger partial charge in [0.05, 0.1) is 5.56 Å². The number of nitrogens with one attached hydrogen (secondary N) is 2. The summed E-state index contributed by atoms with van der Waals surface area (Å²) in [7, 11) is 0. The highest BCUT2D eigenvalue weighted by Gasteiger charge is 2.10.